The predicted molar refractivity (Wildman–Crippen MR) is 76.7 cm³/mol. The van der Waals surface area contributed by atoms with Crippen LogP contribution in [-0.2, 0) is 16.0 Å². The highest BCUT2D eigenvalue weighted by molar-refractivity contribution is 5.81. The van der Waals surface area contributed by atoms with Crippen molar-refractivity contribution in [1.29, 1.82) is 0 Å². The molecule has 2 aromatic rings. The number of fused-ring (bicyclic) bond motifs is 5. The largest absolute Gasteiger partial charge is 0.365 e. The Labute approximate surface area is 122 Å². The molecule has 2 aliphatic rings. The Kier molecular flexibility index (Phi) is 2.89. The van der Waals surface area contributed by atoms with E-state index in [4.69, 9.17) is 4.74 Å². The van der Waals surface area contributed by atoms with Crippen LogP contribution in [-0.4, -0.2) is 12.4 Å². The molecule has 1 aliphatic carbocycles. The average Bonchev–Trinajstić information content (AvgIpc) is 2.62. The van der Waals surface area contributed by atoms with Crippen molar-refractivity contribution in [3.63, 3.8) is 0 Å². The van der Waals surface area contributed by atoms with Crippen molar-refractivity contribution in [3.8, 4) is 0 Å². The molecule has 0 unspecified atom stereocenters. The minimum Gasteiger partial charge on any atom is -0.365 e. The van der Waals surface area contributed by atoms with Gasteiger partial charge in [0.2, 0.25) is 0 Å². The van der Waals surface area contributed by atoms with Crippen LogP contribution < -0.4 is 0 Å². The molecule has 0 N–H and O–H groups in total. The molecule has 1 aliphatic heterocycles. The van der Waals surface area contributed by atoms with Crippen molar-refractivity contribution in [2.24, 2.45) is 0 Å². The Hall–Kier alpha value is -2.00. The minimum atomic E-state index is -0.251. The number of benzene rings is 2. The van der Waals surface area contributed by atoms with Crippen LogP contribution in [0.5, 0.6) is 0 Å². The molecule has 0 aromatic heterocycles. The minimum absolute atomic E-state index is 0.00880. The van der Waals surface area contributed by atoms with Crippen LogP contribution in [0.4, 0.5) is 4.39 Å². The topological polar surface area (TPSA) is 26.3 Å². The van der Waals surface area contributed by atoms with E-state index < -0.39 is 0 Å². The lowest BCUT2D eigenvalue weighted by Crippen LogP contribution is -2.27. The lowest BCUT2D eigenvalue weighted by molar-refractivity contribution is -0.133. The number of halogens is 1. The number of Topliss-reactive ketones (excluding diaryl/α,β-unsaturated/α-hetero) is 1. The Bertz CT molecular complexity index is 723. The van der Waals surface area contributed by atoms with Gasteiger partial charge in [-0.05, 0) is 40.8 Å². The number of carbonyl (C=O) groups is 1. The fourth-order valence-corrected chi connectivity index (χ4v) is 3.54. The van der Waals surface area contributed by atoms with Crippen LogP contribution in [0.3, 0.4) is 0 Å². The molecule has 0 amide bonds. The van der Waals surface area contributed by atoms with Gasteiger partial charge in [-0.15, -0.1) is 0 Å². The van der Waals surface area contributed by atoms with Crippen LogP contribution in [0.15, 0.2) is 42.5 Å². The Morgan fingerprint density at radius 1 is 1.05 bits per heavy atom. The third-order valence-corrected chi connectivity index (χ3v) is 4.49. The maximum Gasteiger partial charge on any atom is 0.159 e. The van der Waals surface area contributed by atoms with E-state index in [-0.39, 0.29) is 30.2 Å². The molecule has 0 bridgehead atoms. The van der Waals surface area contributed by atoms with Gasteiger partial charge in [0.15, 0.2) is 5.78 Å². The summed E-state index contributed by atoms with van der Waals surface area (Å²) in [4.78, 5) is 11.8. The van der Waals surface area contributed by atoms with Crippen molar-refractivity contribution in [2.45, 2.75) is 24.9 Å². The zero-order valence-corrected chi connectivity index (χ0v) is 11.5. The molecule has 0 radical (unpaired) electrons. The molecular weight excluding hydrogens is 267 g/mol. The average molecular weight is 282 g/mol. The second kappa shape index (κ2) is 4.78. The molecule has 2 aromatic carbocycles. The second-order valence-electron chi connectivity index (χ2n) is 5.80. The van der Waals surface area contributed by atoms with Gasteiger partial charge in [-0.2, -0.15) is 0 Å². The first-order valence-electron chi connectivity index (χ1n) is 7.22. The summed E-state index contributed by atoms with van der Waals surface area (Å²) in [6.45, 7) is 0.124. The summed E-state index contributed by atoms with van der Waals surface area (Å²) in [5, 5.41) is 0. The van der Waals surface area contributed by atoms with Gasteiger partial charge in [0.1, 0.15) is 12.4 Å². The van der Waals surface area contributed by atoms with Crippen LogP contribution >= 0.6 is 0 Å². The molecule has 4 rings (SSSR count). The van der Waals surface area contributed by atoms with Crippen molar-refractivity contribution in [3.05, 3.63) is 70.5 Å². The number of hydrogen-bond donors (Lipinski definition) is 0. The van der Waals surface area contributed by atoms with Gasteiger partial charge in [-0.3, -0.25) is 4.79 Å². The molecule has 21 heavy (non-hydrogen) atoms. The number of carbonyl (C=O) groups excluding carboxylic acids is 1. The van der Waals surface area contributed by atoms with E-state index in [9.17, 15) is 9.18 Å². The molecule has 2 atom stereocenters. The molecule has 1 heterocycles. The molecule has 0 spiro atoms. The summed E-state index contributed by atoms with van der Waals surface area (Å²) < 4.78 is 19.5. The zero-order valence-electron chi connectivity index (χ0n) is 11.5. The molecule has 0 saturated carbocycles. The number of ketones is 1. The first kappa shape index (κ1) is 12.7. The number of rotatable bonds is 0. The van der Waals surface area contributed by atoms with Crippen LogP contribution in [0.1, 0.15) is 40.7 Å². The normalized spacial score (nSPS) is 23.8. The Morgan fingerprint density at radius 3 is 2.76 bits per heavy atom. The number of hydrogen-bond acceptors (Lipinski definition) is 2. The molecule has 106 valence electrons. The van der Waals surface area contributed by atoms with E-state index in [1.54, 1.807) is 6.07 Å². The summed E-state index contributed by atoms with van der Waals surface area (Å²) in [7, 11) is 0. The lowest BCUT2D eigenvalue weighted by Gasteiger charge is -2.31. The van der Waals surface area contributed by atoms with Crippen LogP contribution in [0.25, 0.3) is 0 Å². The zero-order chi connectivity index (χ0) is 14.4. The summed E-state index contributed by atoms with van der Waals surface area (Å²) >= 11 is 0. The quantitative estimate of drug-likeness (QED) is 0.738. The smallest absolute Gasteiger partial charge is 0.159 e. The van der Waals surface area contributed by atoms with E-state index in [0.29, 0.717) is 6.42 Å². The summed E-state index contributed by atoms with van der Waals surface area (Å²) in [6, 6.07) is 13.1. The monoisotopic (exact) mass is 282 g/mol. The van der Waals surface area contributed by atoms with Crippen LogP contribution in [0.2, 0.25) is 0 Å². The van der Waals surface area contributed by atoms with Crippen molar-refractivity contribution < 1.29 is 13.9 Å². The van der Waals surface area contributed by atoms with E-state index in [2.05, 4.69) is 12.1 Å². The van der Waals surface area contributed by atoms with Crippen molar-refractivity contribution in [1.82, 2.24) is 0 Å². The van der Waals surface area contributed by atoms with Crippen molar-refractivity contribution >= 4 is 5.78 Å². The fourth-order valence-electron chi connectivity index (χ4n) is 3.54. The highest BCUT2D eigenvalue weighted by Gasteiger charge is 2.37. The van der Waals surface area contributed by atoms with Gasteiger partial charge in [-0.25, -0.2) is 4.39 Å². The molecule has 2 nitrogen and oxygen atoms in total. The van der Waals surface area contributed by atoms with Gasteiger partial charge >= 0.3 is 0 Å². The van der Waals surface area contributed by atoms with Gasteiger partial charge in [-0.1, -0.05) is 30.3 Å². The maximum absolute atomic E-state index is 13.7. The number of ether oxygens (including phenoxy) is 1. The van der Waals surface area contributed by atoms with Gasteiger partial charge in [0.25, 0.3) is 0 Å². The van der Waals surface area contributed by atoms with E-state index in [0.717, 1.165) is 23.1 Å². The Balaban J connectivity index is 1.93. The van der Waals surface area contributed by atoms with Gasteiger partial charge in [0, 0.05) is 12.3 Å². The van der Waals surface area contributed by atoms with E-state index >= 15 is 0 Å². The lowest BCUT2D eigenvalue weighted by atomic mass is 9.83. The molecule has 1 fully saturated rings. The van der Waals surface area contributed by atoms with Crippen LogP contribution in [0, 0.1) is 5.82 Å². The first-order chi connectivity index (χ1) is 10.2. The first-order valence-corrected chi connectivity index (χ1v) is 7.22. The highest BCUT2D eigenvalue weighted by Crippen LogP contribution is 2.45. The third-order valence-electron chi connectivity index (χ3n) is 4.49. The fraction of sp³-hybridized carbons (Fsp3) is 0.278. The SMILES string of the molecule is O=C1CO[C@@H]2c3cc(F)ccc3Cc3ccccc3[C@H]2C1. The second-order valence-corrected chi connectivity index (χ2v) is 5.80. The molecule has 3 heteroatoms. The highest BCUT2D eigenvalue weighted by atomic mass is 19.1. The summed E-state index contributed by atoms with van der Waals surface area (Å²) in [5.41, 5.74) is 4.35. The van der Waals surface area contributed by atoms with E-state index in [1.807, 2.05) is 18.2 Å². The molecule has 1 saturated heterocycles. The maximum atomic E-state index is 13.7. The third kappa shape index (κ3) is 2.09. The summed E-state index contributed by atoms with van der Waals surface area (Å²) in [6.07, 6.45) is 1.01. The molecular formula is C18H15FO2. The standard InChI is InChI=1S/C18H15FO2/c19-13-6-5-12-7-11-3-1-2-4-15(11)17-9-14(20)10-21-18(17)16(12)8-13/h1-6,8,17-18H,7,9-10H2/t17-,18-/m1/s1. The van der Waals surface area contributed by atoms with Crippen molar-refractivity contribution in [2.75, 3.05) is 6.61 Å². The van der Waals surface area contributed by atoms with Gasteiger partial charge < -0.3 is 4.74 Å². The summed E-state index contributed by atoms with van der Waals surface area (Å²) in [5.74, 6) is -0.143. The Morgan fingerprint density at radius 2 is 1.86 bits per heavy atom. The van der Waals surface area contributed by atoms with E-state index in [1.165, 1.54) is 11.6 Å². The predicted octanol–water partition coefficient (Wildman–Crippen LogP) is 3.54. The van der Waals surface area contributed by atoms with Gasteiger partial charge in [0.05, 0.1) is 6.10 Å².